The van der Waals surface area contributed by atoms with Crippen LogP contribution in [0.4, 0.5) is 15.4 Å². The van der Waals surface area contributed by atoms with Gasteiger partial charge in [-0.1, -0.05) is 11.2 Å². The molecule has 2 aromatic rings. The van der Waals surface area contributed by atoms with Gasteiger partial charge in [0.2, 0.25) is 5.91 Å². The highest BCUT2D eigenvalue weighted by Crippen LogP contribution is 2.29. The molecule has 0 aliphatic carbocycles. The van der Waals surface area contributed by atoms with E-state index >= 15 is 0 Å². The Labute approximate surface area is 186 Å². The van der Waals surface area contributed by atoms with Gasteiger partial charge in [-0.3, -0.25) is 19.9 Å². The summed E-state index contributed by atoms with van der Waals surface area (Å²) in [5, 5.41) is 7.16. The predicted octanol–water partition coefficient (Wildman–Crippen LogP) is 2.00. The third kappa shape index (κ3) is 3.90. The fourth-order valence-electron chi connectivity index (χ4n) is 4.78. The molecule has 0 saturated carbocycles. The molecule has 0 bridgehead atoms. The Morgan fingerprint density at radius 2 is 1.94 bits per heavy atom. The van der Waals surface area contributed by atoms with Crippen LogP contribution in [0.3, 0.4) is 0 Å². The Morgan fingerprint density at radius 3 is 2.69 bits per heavy atom. The number of carbonyl (C=O) groups excluding carboxylic acids is 3. The summed E-state index contributed by atoms with van der Waals surface area (Å²) in [7, 11) is 0. The second-order valence-electron chi connectivity index (χ2n) is 8.83. The number of hydrogen-bond acceptors (Lipinski definition) is 6. The van der Waals surface area contributed by atoms with Gasteiger partial charge in [0.25, 0.3) is 0 Å². The molecule has 1 N–H and O–H groups in total. The molecule has 1 aromatic carbocycles. The zero-order valence-corrected chi connectivity index (χ0v) is 18.2. The van der Waals surface area contributed by atoms with Gasteiger partial charge in [0, 0.05) is 58.3 Å². The van der Waals surface area contributed by atoms with Gasteiger partial charge in [0.15, 0.2) is 11.4 Å². The van der Waals surface area contributed by atoms with Gasteiger partial charge in [-0.05, 0) is 37.5 Å². The van der Waals surface area contributed by atoms with Gasteiger partial charge in [0.1, 0.15) is 0 Å². The van der Waals surface area contributed by atoms with Gasteiger partial charge >= 0.3 is 12.1 Å². The molecule has 0 radical (unpaired) electrons. The van der Waals surface area contributed by atoms with E-state index in [0.29, 0.717) is 11.4 Å². The van der Waals surface area contributed by atoms with Gasteiger partial charge in [-0.15, -0.1) is 0 Å². The maximum atomic E-state index is 12.7. The minimum atomic E-state index is -0.478. The number of nitrogens with one attached hydrogen (secondary N) is 1. The molecule has 3 saturated heterocycles. The molecular formula is C22H28N6O4. The fourth-order valence-corrected chi connectivity index (χ4v) is 4.78. The second kappa shape index (κ2) is 8.42. The number of piperazine rings is 1. The molecule has 3 fully saturated rings. The van der Waals surface area contributed by atoms with Crippen molar-refractivity contribution in [3.8, 4) is 0 Å². The quantitative estimate of drug-likeness (QED) is 0.783. The fraction of sp³-hybridized carbons (Fsp3) is 0.545. The molecule has 1 aromatic heterocycles. The van der Waals surface area contributed by atoms with E-state index in [1.807, 2.05) is 28.0 Å². The van der Waals surface area contributed by atoms with Gasteiger partial charge in [-0.25, -0.2) is 9.59 Å². The molecule has 10 nitrogen and oxygen atoms in total. The average molecular weight is 441 g/mol. The zero-order valence-electron chi connectivity index (χ0n) is 18.2. The summed E-state index contributed by atoms with van der Waals surface area (Å²) < 4.78 is 5.41. The largest absolute Gasteiger partial charge is 0.354 e. The van der Waals surface area contributed by atoms with Crippen molar-refractivity contribution in [2.45, 2.75) is 38.8 Å². The number of anilines is 1. The SMILES string of the molecule is C[C@@H]1CN(C(=O)N2CCCC2)CCN1Cc1ccc2onc(N3CCC(=O)NC3=O)c2c1. The van der Waals surface area contributed by atoms with Gasteiger partial charge < -0.3 is 14.3 Å². The van der Waals surface area contributed by atoms with E-state index in [1.165, 1.54) is 4.90 Å². The van der Waals surface area contributed by atoms with Crippen LogP contribution in [-0.2, 0) is 11.3 Å². The predicted molar refractivity (Wildman–Crippen MR) is 117 cm³/mol. The summed E-state index contributed by atoms with van der Waals surface area (Å²) in [6.07, 6.45) is 2.44. The maximum absolute atomic E-state index is 12.7. The van der Waals surface area contributed by atoms with E-state index in [1.54, 1.807) is 0 Å². The van der Waals surface area contributed by atoms with Gasteiger partial charge in [0.05, 0.1) is 5.39 Å². The van der Waals surface area contributed by atoms with Crippen molar-refractivity contribution in [2.24, 2.45) is 0 Å². The Morgan fingerprint density at radius 1 is 1.12 bits per heavy atom. The number of hydrogen-bond donors (Lipinski definition) is 1. The first-order valence-corrected chi connectivity index (χ1v) is 11.3. The standard InChI is InChI=1S/C22H28N6O4/c1-15-13-27(22(31)25-7-2-3-8-25)11-10-26(15)14-16-4-5-18-17(12-16)20(24-32-18)28-9-6-19(29)23-21(28)30/h4-5,12,15H,2-3,6-11,13-14H2,1H3,(H,23,29,30)/t15-/m1/s1. The molecule has 5 amide bonds. The third-order valence-electron chi connectivity index (χ3n) is 6.62. The minimum Gasteiger partial charge on any atom is -0.354 e. The summed E-state index contributed by atoms with van der Waals surface area (Å²) in [5.41, 5.74) is 1.68. The molecule has 3 aliphatic rings. The zero-order chi connectivity index (χ0) is 22.2. The molecule has 4 heterocycles. The highest BCUT2D eigenvalue weighted by molar-refractivity contribution is 6.08. The van der Waals surface area contributed by atoms with Crippen molar-refractivity contribution in [3.63, 3.8) is 0 Å². The number of carbonyl (C=O) groups is 3. The highest BCUT2D eigenvalue weighted by atomic mass is 16.5. The molecule has 3 aliphatic heterocycles. The number of benzene rings is 1. The second-order valence-corrected chi connectivity index (χ2v) is 8.83. The van der Waals surface area contributed by atoms with Crippen LogP contribution < -0.4 is 10.2 Å². The number of urea groups is 2. The summed E-state index contributed by atoms with van der Waals surface area (Å²) in [6.45, 7) is 7.17. The molecule has 1 atom stereocenters. The van der Waals surface area contributed by atoms with E-state index in [0.717, 1.165) is 63.1 Å². The Hall–Kier alpha value is -3.14. The smallest absolute Gasteiger partial charge is 0.329 e. The lowest BCUT2D eigenvalue weighted by Gasteiger charge is -2.41. The van der Waals surface area contributed by atoms with Crippen molar-refractivity contribution in [3.05, 3.63) is 23.8 Å². The van der Waals surface area contributed by atoms with Crippen molar-refractivity contribution in [1.82, 2.24) is 25.2 Å². The van der Waals surface area contributed by atoms with Crippen molar-refractivity contribution in [1.29, 1.82) is 0 Å². The number of fused-ring (bicyclic) bond motifs is 1. The lowest BCUT2D eigenvalue weighted by Crippen LogP contribution is -2.55. The van der Waals surface area contributed by atoms with Crippen LogP contribution in [0.25, 0.3) is 11.0 Å². The molecular weight excluding hydrogens is 412 g/mol. The van der Waals surface area contributed by atoms with E-state index in [2.05, 4.69) is 22.3 Å². The summed E-state index contributed by atoms with van der Waals surface area (Å²) in [4.78, 5) is 44.2. The molecule has 170 valence electrons. The minimum absolute atomic E-state index is 0.169. The Balaban J connectivity index is 1.28. The molecule has 10 heteroatoms. The lowest BCUT2D eigenvalue weighted by molar-refractivity contribution is -0.120. The Bertz CT molecular complexity index is 1050. The van der Waals surface area contributed by atoms with Crippen LogP contribution in [-0.4, -0.2) is 83.1 Å². The first-order chi connectivity index (χ1) is 15.5. The van der Waals surface area contributed by atoms with Crippen LogP contribution in [0.1, 0.15) is 31.7 Å². The first kappa shape index (κ1) is 20.7. The van der Waals surface area contributed by atoms with E-state index < -0.39 is 6.03 Å². The van der Waals surface area contributed by atoms with E-state index in [4.69, 9.17) is 4.52 Å². The van der Waals surface area contributed by atoms with Crippen molar-refractivity contribution < 1.29 is 18.9 Å². The first-order valence-electron chi connectivity index (χ1n) is 11.3. The van der Waals surface area contributed by atoms with Crippen LogP contribution in [0.2, 0.25) is 0 Å². The van der Waals surface area contributed by atoms with Crippen molar-refractivity contribution >= 4 is 34.8 Å². The molecule has 5 rings (SSSR count). The maximum Gasteiger partial charge on any atom is 0.329 e. The Kier molecular flexibility index (Phi) is 5.46. The highest BCUT2D eigenvalue weighted by Gasteiger charge is 2.31. The number of aromatic nitrogens is 1. The van der Waals surface area contributed by atoms with Crippen LogP contribution >= 0.6 is 0 Å². The monoisotopic (exact) mass is 440 g/mol. The van der Waals surface area contributed by atoms with Crippen LogP contribution in [0, 0.1) is 0 Å². The lowest BCUT2D eigenvalue weighted by atomic mass is 10.1. The number of rotatable bonds is 3. The van der Waals surface area contributed by atoms with E-state index in [9.17, 15) is 14.4 Å². The van der Waals surface area contributed by atoms with Crippen molar-refractivity contribution in [2.75, 3.05) is 44.2 Å². The summed E-state index contributed by atoms with van der Waals surface area (Å²) in [6, 6.07) is 5.81. The third-order valence-corrected chi connectivity index (χ3v) is 6.62. The molecule has 0 unspecified atom stereocenters. The van der Waals surface area contributed by atoms with Crippen LogP contribution in [0.15, 0.2) is 22.7 Å². The topological polar surface area (TPSA) is 102 Å². The van der Waals surface area contributed by atoms with Crippen LogP contribution in [0.5, 0.6) is 0 Å². The number of nitrogens with zero attached hydrogens (tertiary/aromatic N) is 5. The summed E-state index contributed by atoms with van der Waals surface area (Å²) in [5.74, 6) is 0.150. The molecule has 32 heavy (non-hydrogen) atoms. The normalized spacial score (nSPS) is 22.7. The molecule has 0 spiro atoms. The number of amides is 5. The van der Waals surface area contributed by atoms with Gasteiger partial charge in [-0.2, -0.15) is 0 Å². The number of imide groups is 1. The average Bonchev–Trinajstić information content (AvgIpc) is 3.45. The van der Waals surface area contributed by atoms with E-state index in [-0.39, 0.29) is 30.9 Å². The summed E-state index contributed by atoms with van der Waals surface area (Å²) >= 11 is 0. The number of likely N-dealkylation sites (tertiary alicyclic amines) is 1.